The van der Waals surface area contributed by atoms with E-state index in [1.165, 1.54) is 17.0 Å². The molecule has 4 rings (SSSR count). The molecule has 2 unspecified atom stereocenters. The van der Waals surface area contributed by atoms with Gasteiger partial charge in [-0.2, -0.15) is 0 Å². The maximum Gasteiger partial charge on any atom is 0.264 e. The maximum atomic E-state index is 14.5. The fourth-order valence-corrected chi connectivity index (χ4v) is 6.35. The number of hydrogen-bond donors (Lipinski definition) is 1. The second-order valence-electron chi connectivity index (χ2n) is 11.3. The first kappa shape index (κ1) is 33.4. The monoisotopic (exact) mass is 629 g/mol. The first-order valence-corrected chi connectivity index (χ1v) is 16.5. The molecular weight excluding hydrogens is 589 g/mol. The molecular formula is C36H40FN3O4S. The van der Waals surface area contributed by atoms with E-state index in [1.54, 1.807) is 24.3 Å². The predicted molar refractivity (Wildman–Crippen MR) is 176 cm³/mol. The largest absolute Gasteiger partial charge is 0.352 e. The zero-order valence-corrected chi connectivity index (χ0v) is 26.9. The van der Waals surface area contributed by atoms with E-state index in [0.717, 1.165) is 38.7 Å². The van der Waals surface area contributed by atoms with Crippen molar-refractivity contribution in [3.05, 3.63) is 131 Å². The lowest BCUT2D eigenvalue weighted by Gasteiger charge is -2.34. The number of nitrogens with one attached hydrogen (secondary N) is 1. The van der Waals surface area contributed by atoms with Crippen LogP contribution in [0.5, 0.6) is 0 Å². The zero-order valence-electron chi connectivity index (χ0n) is 26.1. The van der Waals surface area contributed by atoms with Crippen molar-refractivity contribution in [2.75, 3.05) is 10.8 Å². The van der Waals surface area contributed by atoms with Gasteiger partial charge in [0.15, 0.2) is 0 Å². The van der Waals surface area contributed by atoms with Crippen LogP contribution in [0.1, 0.15) is 42.5 Å². The van der Waals surface area contributed by atoms with E-state index in [2.05, 4.69) is 5.32 Å². The third kappa shape index (κ3) is 8.57. The molecule has 0 aromatic heterocycles. The van der Waals surface area contributed by atoms with Crippen LogP contribution in [0.25, 0.3) is 0 Å². The number of nitrogens with zero attached hydrogens (tertiary/aromatic N) is 2. The summed E-state index contributed by atoms with van der Waals surface area (Å²) in [6, 6.07) is 27.3. The van der Waals surface area contributed by atoms with Crippen LogP contribution >= 0.6 is 0 Å². The normalized spacial score (nSPS) is 12.6. The van der Waals surface area contributed by atoms with Crippen molar-refractivity contribution >= 4 is 27.5 Å². The van der Waals surface area contributed by atoms with Gasteiger partial charge in [-0.1, -0.05) is 79.2 Å². The van der Waals surface area contributed by atoms with E-state index < -0.39 is 34.3 Å². The maximum absolute atomic E-state index is 14.5. The predicted octanol–water partition coefficient (Wildman–Crippen LogP) is 6.19. The summed E-state index contributed by atoms with van der Waals surface area (Å²) in [6.07, 6.45) is 0.933. The molecule has 7 nitrogen and oxygen atoms in total. The Kier molecular flexibility index (Phi) is 11.1. The number of halogens is 1. The molecule has 0 aliphatic rings. The van der Waals surface area contributed by atoms with Crippen LogP contribution < -0.4 is 9.62 Å². The number of aryl methyl sites for hydroxylation is 2. The van der Waals surface area contributed by atoms with Crippen molar-refractivity contribution in [2.45, 2.75) is 64.1 Å². The molecule has 4 aromatic rings. The molecule has 0 aliphatic heterocycles. The molecule has 45 heavy (non-hydrogen) atoms. The molecule has 0 heterocycles. The molecule has 1 N–H and O–H groups in total. The molecule has 236 valence electrons. The Morgan fingerprint density at radius 1 is 0.844 bits per heavy atom. The van der Waals surface area contributed by atoms with Crippen molar-refractivity contribution in [2.24, 2.45) is 0 Å². The minimum atomic E-state index is -4.30. The number of sulfonamides is 1. The van der Waals surface area contributed by atoms with Crippen molar-refractivity contribution in [3.63, 3.8) is 0 Å². The summed E-state index contributed by atoms with van der Waals surface area (Å²) < 4.78 is 42.8. The highest BCUT2D eigenvalue weighted by molar-refractivity contribution is 7.92. The quantitative estimate of drug-likeness (QED) is 0.191. The lowest BCUT2D eigenvalue weighted by atomic mass is 10.0. The highest BCUT2D eigenvalue weighted by Crippen LogP contribution is 2.26. The van der Waals surface area contributed by atoms with Gasteiger partial charge in [0.25, 0.3) is 10.0 Å². The minimum absolute atomic E-state index is 0.0925. The van der Waals surface area contributed by atoms with E-state index in [-0.39, 0.29) is 35.5 Å². The second kappa shape index (κ2) is 15.0. The van der Waals surface area contributed by atoms with E-state index in [9.17, 15) is 22.4 Å². The first-order chi connectivity index (χ1) is 21.5. The van der Waals surface area contributed by atoms with Crippen molar-refractivity contribution in [1.82, 2.24) is 10.2 Å². The molecule has 0 fully saturated rings. The molecule has 2 atom stereocenters. The van der Waals surface area contributed by atoms with Crippen molar-refractivity contribution in [3.8, 4) is 0 Å². The summed E-state index contributed by atoms with van der Waals surface area (Å²) in [5.74, 6) is -1.45. The highest BCUT2D eigenvalue weighted by atomic mass is 32.2. The average molecular weight is 630 g/mol. The number of anilines is 1. The Bertz CT molecular complexity index is 1690. The van der Waals surface area contributed by atoms with Crippen LogP contribution in [0.2, 0.25) is 0 Å². The molecule has 0 aliphatic carbocycles. The molecule has 4 aromatic carbocycles. The van der Waals surface area contributed by atoms with Crippen LogP contribution in [0.3, 0.4) is 0 Å². The number of benzene rings is 4. The average Bonchev–Trinajstić information content (AvgIpc) is 3.03. The van der Waals surface area contributed by atoms with Gasteiger partial charge in [0.05, 0.1) is 10.6 Å². The molecule has 0 bridgehead atoms. The van der Waals surface area contributed by atoms with E-state index >= 15 is 0 Å². The van der Waals surface area contributed by atoms with Crippen LogP contribution in [0.15, 0.2) is 108 Å². The first-order valence-electron chi connectivity index (χ1n) is 15.0. The van der Waals surface area contributed by atoms with Crippen LogP contribution in [0.4, 0.5) is 10.1 Å². The van der Waals surface area contributed by atoms with Gasteiger partial charge < -0.3 is 10.2 Å². The van der Waals surface area contributed by atoms with Gasteiger partial charge in [-0.15, -0.1) is 0 Å². The fraction of sp³-hybridized carbons (Fsp3) is 0.278. The molecule has 0 saturated heterocycles. The number of carbonyl (C=O) groups excluding carboxylic acids is 2. The summed E-state index contributed by atoms with van der Waals surface area (Å²) in [5.41, 5.74) is 3.82. The van der Waals surface area contributed by atoms with Gasteiger partial charge in [-0.25, -0.2) is 12.8 Å². The number of hydrogen-bond acceptors (Lipinski definition) is 4. The number of carbonyl (C=O) groups is 2. The van der Waals surface area contributed by atoms with Gasteiger partial charge in [-0.05, 0) is 80.3 Å². The lowest BCUT2D eigenvalue weighted by molar-refractivity contribution is -0.140. The summed E-state index contributed by atoms with van der Waals surface area (Å²) in [6.45, 7) is 7.20. The summed E-state index contributed by atoms with van der Waals surface area (Å²) >= 11 is 0. The van der Waals surface area contributed by atoms with E-state index in [1.807, 2.05) is 82.3 Å². The molecule has 2 amide bonds. The smallest absolute Gasteiger partial charge is 0.264 e. The van der Waals surface area contributed by atoms with Gasteiger partial charge in [-0.3, -0.25) is 13.9 Å². The summed E-state index contributed by atoms with van der Waals surface area (Å²) in [5, 5.41) is 3.04. The Labute approximate surface area is 265 Å². The second-order valence-corrected chi connectivity index (χ2v) is 13.1. The molecule has 9 heteroatoms. The van der Waals surface area contributed by atoms with Gasteiger partial charge >= 0.3 is 0 Å². The van der Waals surface area contributed by atoms with Crippen molar-refractivity contribution in [1.29, 1.82) is 0 Å². The van der Waals surface area contributed by atoms with Crippen LogP contribution in [-0.2, 0) is 32.6 Å². The number of rotatable bonds is 13. The standard InChI is InChI=1S/C36H40FN3O4S/c1-5-28(4)38-36(42)34(23-29-12-7-6-8-13-29)39(24-30-14-10-9-11-27(30)3)35(41)25-40(32-19-15-26(2)16-20-32)45(43,44)33-21-17-31(37)18-22-33/h6-22,28,34H,5,23-25H2,1-4H3,(H,38,42). The molecule has 0 spiro atoms. The summed E-state index contributed by atoms with van der Waals surface area (Å²) in [4.78, 5) is 29.7. The van der Waals surface area contributed by atoms with Crippen LogP contribution in [-0.4, -0.2) is 43.8 Å². The summed E-state index contributed by atoms with van der Waals surface area (Å²) in [7, 11) is -4.30. The van der Waals surface area contributed by atoms with Gasteiger partial charge in [0.2, 0.25) is 11.8 Å². The minimum Gasteiger partial charge on any atom is -0.352 e. The zero-order chi connectivity index (χ0) is 32.6. The third-order valence-electron chi connectivity index (χ3n) is 7.88. The fourth-order valence-electron chi connectivity index (χ4n) is 4.94. The number of amides is 2. The Morgan fingerprint density at radius 3 is 2.09 bits per heavy atom. The Morgan fingerprint density at radius 2 is 1.47 bits per heavy atom. The Balaban J connectivity index is 1.81. The van der Waals surface area contributed by atoms with Gasteiger partial charge in [0, 0.05) is 19.0 Å². The third-order valence-corrected chi connectivity index (χ3v) is 9.66. The van der Waals surface area contributed by atoms with Crippen LogP contribution in [0, 0.1) is 19.7 Å². The highest BCUT2D eigenvalue weighted by Gasteiger charge is 2.35. The molecule has 0 saturated carbocycles. The van der Waals surface area contributed by atoms with Gasteiger partial charge in [0.1, 0.15) is 18.4 Å². The van der Waals surface area contributed by atoms with E-state index in [4.69, 9.17) is 0 Å². The van der Waals surface area contributed by atoms with Crippen molar-refractivity contribution < 1.29 is 22.4 Å². The molecule has 0 radical (unpaired) electrons. The SMILES string of the molecule is CCC(C)NC(=O)C(Cc1ccccc1)N(Cc1ccccc1C)C(=O)CN(c1ccc(C)cc1)S(=O)(=O)c1ccc(F)cc1. The van der Waals surface area contributed by atoms with E-state index in [0.29, 0.717) is 6.42 Å². The lowest BCUT2D eigenvalue weighted by Crippen LogP contribution is -2.54. The topological polar surface area (TPSA) is 86.8 Å². The Hall–Kier alpha value is -4.50.